The van der Waals surface area contributed by atoms with Gasteiger partial charge in [0.2, 0.25) is 0 Å². The van der Waals surface area contributed by atoms with E-state index in [1.165, 1.54) is 0 Å². The molecule has 5 aromatic heterocycles. The molecule has 0 bridgehead atoms. The quantitative estimate of drug-likeness (QED) is 0.175. The zero-order valence-corrected chi connectivity index (χ0v) is 28.4. The van der Waals surface area contributed by atoms with E-state index in [-0.39, 0.29) is 29.0 Å². The van der Waals surface area contributed by atoms with Crippen molar-refractivity contribution in [1.29, 1.82) is 0 Å². The standard InChI is InChI=1S/C41H24N10O3/c1-3-21-18-27-34-22(10-8-13-25(34)38-43-29-15-5-7-17-31(29)51(38)39(27)53)35(21)44-46-40-48-49-41(54-40)47-45-36-23-11-9-12-24-33(23)26(19-32(36)52)20(2)50-30-16-6-4-14-28(30)42-37(24)50/h4-19,52H,2-3H2,1H3/b46-44-,47-45?. The molecule has 0 unspecified atom stereocenters. The monoisotopic (exact) mass is 704 g/mol. The van der Waals surface area contributed by atoms with Gasteiger partial charge in [-0.2, -0.15) is 0 Å². The predicted molar refractivity (Wildman–Crippen MR) is 207 cm³/mol. The summed E-state index contributed by atoms with van der Waals surface area (Å²) in [5.41, 5.74) is 6.14. The lowest BCUT2D eigenvalue weighted by atomic mass is 9.96. The number of rotatable bonds is 5. The normalized spacial score (nSPS) is 12.7. The van der Waals surface area contributed by atoms with E-state index in [1.807, 2.05) is 102 Å². The van der Waals surface area contributed by atoms with Crippen LogP contribution in [-0.4, -0.2) is 34.1 Å². The zero-order valence-electron chi connectivity index (χ0n) is 28.4. The summed E-state index contributed by atoms with van der Waals surface area (Å²) in [6.07, 6.45) is 0.596. The van der Waals surface area contributed by atoms with E-state index in [0.29, 0.717) is 33.9 Å². The van der Waals surface area contributed by atoms with Crippen LogP contribution in [0.4, 0.5) is 23.4 Å². The molecule has 5 heterocycles. The first-order valence-corrected chi connectivity index (χ1v) is 17.2. The number of aryl methyl sites for hydroxylation is 1. The number of aromatic hydroxyl groups is 1. The van der Waals surface area contributed by atoms with Crippen molar-refractivity contribution in [2.24, 2.45) is 20.5 Å². The van der Waals surface area contributed by atoms with Crippen molar-refractivity contribution in [3.63, 3.8) is 0 Å². The molecule has 1 N–H and O–H groups in total. The summed E-state index contributed by atoms with van der Waals surface area (Å²) >= 11 is 0. The SMILES string of the molecule is C=c1c2cc(O)c(N=Nc3nnc(/N=N\c4c(CC)cc5c(=O)n6c7ccccc7nc6c6cccc4c56)o3)c3cccc(c32)c2nc3ccccc3n12. The Morgan fingerprint density at radius 3 is 1.87 bits per heavy atom. The average Bonchev–Trinajstić information content (AvgIpc) is 3.93. The zero-order chi connectivity index (χ0) is 36.2. The molecule has 0 spiro atoms. The second-order valence-corrected chi connectivity index (χ2v) is 13.1. The molecule has 0 saturated heterocycles. The minimum Gasteiger partial charge on any atom is -0.506 e. The number of imidazole rings is 2. The van der Waals surface area contributed by atoms with E-state index < -0.39 is 0 Å². The van der Waals surface area contributed by atoms with Crippen LogP contribution in [0.5, 0.6) is 5.75 Å². The number of benzene rings is 6. The number of nitrogens with zero attached hydrogens (tertiary/aromatic N) is 10. The van der Waals surface area contributed by atoms with E-state index in [9.17, 15) is 9.90 Å². The maximum absolute atomic E-state index is 13.9. The highest BCUT2D eigenvalue weighted by Crippen LogP contribution is 2.42. The van der Waals surface area contributed by atoms with Crippen molar-refractivity contribution in [2.75, 3.05) is 0 Å². The van der Waals surface area contributed by atoms with Crippen LogP contribution in [0.25, 0.3) is 83.0 Å². The molecule has 256 valence electrons. The number of aromatic nitrogens is 6. The summed E-state index contributed by atoms with van der Waals surface area (Å²) in [6.45, 7) is 6.36. The van der Waals surface area contributed by atoms with Gasteiger partial charge in [0.25, 0.3) is 5.56 Å². The Bertz CT molecular complexity index is 3560. The van der Waals surface area contributed by atoms with Crippen molar-refractivity contribution >= 4 is 106 Å². The minimum atomic E-state index is -0.174. The molecule has 0 aliphatic heterocycles. The van der Waals surface area contributed by atoms with Gasteiger partial charge in [-0.15, -0.1) is 10.2 Å². The summed E-state index contributed by atoms with van der Waals surface area (Å²) in [4.78, 5) is 23.6. The van der Waals surface area contributed by atoms with Gasteiger partial charge in [-0.25, -0.2) is 9.97 Å². The van der Waals surface area contributed by atoms with Gasteiger partial charge in [-0.3, -0.25) is 13.6 Å². The van der Waals surface area contributed by atoms with Gasteiger partial charge in [0.15, 0.2) is 0 Å². The van der Waals surface area contributed by atoms with Crippen molar-refractivity contribution in [1.82, 2.24) is 29.0 Å². The van der Waals surface area contributed by atoms with Gasteiger partial charge in [0, 0.05) is 48.4 Å². The minimum absolute atomic E-state index is 0.0872. The van der Waals surface area contributed by atoms with Crippen LogP contribution >= 0.6 is 0 Å². The molecule has 0 fully saturated rings. The first kappa shape index (κ1) is 30.0. The molecule has 11 rings (SSSR count). The fraction of sp³-hybridized carbons (Fsp3) is 0.0488. The fourth-order valence-electron chi connectivity index (χ4n) is 7.85. The molecule has 0 atom stereocenters. The van der Waals surface area contributed by atoms with Crippen LogP contribution in [0.2, 0.25) is 0 Å². The number of azo groups is 2. The number of hydrogen-bond donors (Lipinski definition) is 1. The number of fused-ring (bicyclic) bond motifs is 8. The van der Waals surface area contributed by atoms with E-state index in [4.69, 9.17) is 14.4 Å². The molecule has 13 nitrogen and oxygen atoms in total. The number of phenolic OH excluding ortho intramolecular Hbond substituents is 1. The maximum atomic E-state index is 13.9. The Morgan fingerprint density at radius 1 is 0.648 bits per heavy atom. The molecular formula is C41H24N10O3. The Morgan fingerprint density at radius 2 is 1.20 bits per heavy atom. The van der Waals surface area contributed by atoms with E-state index in [2.05, 4.69) is 37.2 Å². The number of phenols is 1. The molecule has 0 aliphatic rings. The van der Waals surface area contributed by atoms with Crippen molar-refractivity contribution in [3.05, 3.63) is 118 Å². The Balaban J connectivity index is 0.989. The van der Waals surface area contributed by atoms with Gasteiger partial charge < -0.3 is 9.52 Å². The molecule has 54 heavy (non-hydrogen) atoms. The molecule has 0 saturated carbocycles. The Hall–Kier alpha value is -7.67. The largest absolute Gasteiger partial charge is 0.506 e. The lowest BCUT2D eigenvalue weighted by Crippen LogP contribution is -2.13. The summed E-state index contributed by atoms with van der Waals surface area (Å²) in [7, 11) is 0. The van der Waals surface area contributed by atoms with Crippen LogP contribution in [0.3, 0.4) is 0 Å². The third-order valence-corrected chi connectivity index (χ3v) is 10.2. The second kappa shape index (κ2) is 10.9. The Labute approximate surface area is 302 Å². The summed E-state index contributed by atoms with van der Waals surface area (Å²) in [5, 5.41) is 43.4. The molecule has 6 aromatic carbocycles. The Kier molecular flexibility index (Phi) is 6.07. The van der Waals surface area contributed by atoms with Crippen molar-refractivity contribution in [2.45, 2.75) is 13.3 Å². The van der Waals surface area contributed by atoms with Gasteiger partial charge in [-0.05, 0) is 48.4 Å². The molecule has 0 amide bonds. The third-order valence-electron chi connectivity index (χ3n) is 10.2. The molecule has 11 aromatic rings. The smallest absolute Gasteiger partial charge is 0.363 e. The van der Waals surface area contributed by atoms with E-state index >= 15 is 0 Å². The van der Waals surface area contributed by atoms with Crippen LogP contribution in [0, 0.1) is 0 Å². The van der Waals surface area contributed by atoms with Crippen molar-refractivity contribution in [3.8, 4) is 5.75 Å². The van der Waals surface area contributed by atoms with Gasteiger partial charge in [0.1, 0.15) is 22.7 Å². The maximum Gasteiger partial charge on any atom is 0.363 e. The summed E-state index contributed by atoms with van der Waals surface area (Å²) in [5.74, 6) is -0.0872. The van der Waals surface area contributed by atoms with Crippen molar-refractivity contribution < 1.29 is 9.52 Å². The highest BCUT2D eigenvalue weighted by molar-refractivity contribution is 6.20. The first-order chi connectivity index (χ1) is 26.5. The van der Waals surface area contributed by atoms with E-state index in [0.717, 1.165) is 65.6 Å². The highest BCUT2D eigenvalue weighted by atomic mass is 16.4. The summed E-state index contributed by atoms with van der Waals surface area (Å²) < 4.78 is 9.39. The van der Waals surface area contributed by atoms with Gasteiger partial charge in [-0.1, -0.05) is 94.6 Å². The molecule has 0 aliphatic carbocycles. The van der Waals surface area contributed by atoms with Crippen LogP contribution in [0.15, 0.2) is 127 Å². The fourth-order valence-corrected chi connectivity index (χ4v) is 7.85. The van der Waals surface area contributed by atoms with Gasteiger partial charge in [0.05, 0.1) is 27.8 Å². The lowest BCUT2D eigenvalue weighted by molar-refractivity contribution is 0.477. The third kappa shape index (κ3) is 4.05. The average molecular weight is 705 g/mol. The number of para-hydroxylation sites is 4. The van der Waals surface area contributed by atoms with E-state index in [1.54, 1.807) is 10.5 Å². The van der Waals surface area contributed by atoms with Crippen LogP contribution in [0.1, 0.15) is 12.5 Å². The highest BCUT2D eigenvalue weighted by Gasteiger charge is 2.21. The number of pyridine rings is 2. The number of hydrogen-bond acceptors (Lipinski definition) is 11. The van der Waals surface area contributed by atoms with Gasteiger partial charge >= 0.3 is 12.0 Å². The first-order valence-electron chi connectivity index (χ1n) is 17.2. The summed E-state index contributed by atoms with van der Waals surface area (Å²) in [6, 6.07) is 30.3. The lowest BCUT2D eigenvalue weighted by Gasteiger charge is -2.12. The molecular weight excluding hydrogens is 681 g/mol. The van der Waals surface area contributed by atoms with Crippen LogP contribution in [-0.2, 0) is 6.42 Å². The van der Waals surface area contributed by atoms with Crippen LogP contribution < -0.4 is 10.9 Å². The molecule has 0 radical (unpaired) electrons. The predicted octanol–water partition coefficient (Wildman–Crippen LogP) is 9.31. The second-order valence-electron chi connectivity index (χ2n) is 13.1. The molecule has 13 heteroatoms. The topological polar surface area (TPSA) is 160 Å².